The van der Waals surface area contributed by atoms with Crippen molar-refractivity contribution in [1.82, 2.24) is 4.57 Å². The molecule has 0 saturated carbocycles. The maximum Gasteiger partial charge on any atom is 0.211 e. The zero-order valence-corrected chi connectivity index (χ0v) is 14.5. The van der Waals surface area contributed by atoms with Gasteiger partial charge in [0.15, 0.2) is 0 Å². The summed E-state index contributed by atoms with van der Waals surface area (Å²) in [6, 6.07) is 17.7. The fourth-order valence-corrected chi connectivity index (χ4v) is 3.25. The molecule has 0 radical (unpaired) electrons. The summed E-state index contributed by atoms with van der Waals surface area (Å²) in [6.07, 6.45) is 3.58. The van der Waals surface area contributed by atoms with Crippen molar-refractivity contribution in [3.05, 3.63) is 88.0 Å². The van der Waals surface area contributed by atoms with E-state index < -0.39 is 0 Å². The smallest absolute Gasteiger partial charge is 0.211 e. The highest BCUT2D eigenvalue weighted by Gasteiger charge is 2.06. The van der Waals surface area contributed by atoms with Crippen LogP contribution in [0.2, 0.25) is 5.02 Å². The van der Waals surface area contributed by atoms with Crippen LogP contribution in [0.5, 0.6) is 0 Å². The Hall–Kier alpha value is -2.43. The normalized spacial score (nSPS) is 12.0. The Morgan fingerprint density at radius 3 is 2.54 bits per heavy atom. The van der Waals surface area contributed by atoms with E-state index >= 15 is 0 Å². The molecule has 120 valence electrons. The number of benzene rings is 2. The van der Waals surface area contributed by atoms with Gasteiger partial charge < -0.3 is 4.57 Å². The van der Waals surface area contributed by atoms with E-state index in [-0.39, 0.29) is 0 Å². The fourth-order valence-electron chi connectivity index (χ4n) is 2.25. The quantitative estimate of drug-likeness (QED) is 0.351. The largest absolute Gasteiger partial charge is 0.311 e. The van der Waals surface area contributed by atoms with Gasteiger partial charge in [-0.25, -0.2) is 0 Å². The number of nitrogens with zero attached hydrogens (tertiary/aromatic N) is 3. The Bertz CT molecular complexity index is 906. The number of allylic oxidation sites excluding steroid dienone is 1. The van der Waals surface area contributed by atoms with Gasteiger partial charge in [-0.1, -0.05) is 60.1 Å². The molecule has 0 unspecified atom stereocenters. The predicted octanol–water partition coefficient (Wildman–Crippen LogP) is 4.99. The van der Waals surface area contributed by atoms with Gasteiger partial charge >= 0.3 is 0 Å². The molecule has 0 aliphatic heterocycles. The molecule has 3 nitrogen and oxygen atoms in total. The van der Waals surface area contributed by atoms with Crippen LogP contribution in [-0.4, -0.2) is 10.8 Å². The molecular formula is C19H16ClN3S. The summed E-state index contributed by atoms with van der Waals surface area (Å²) in [5.41, 5.74) is 3.22. The second-order valence-corrected chi connectivity index (χ2v) is 6.34. The molecule has 24 heavy (non-hydrogen) atoms. The first-order valence-corrected chi connectivity index (χ1v) is 8.71. The molecule has 0 aliphatic carbocycles. The van der Waals surface area contributed by atoms with E-state index in [1.54, 1.807) is 17.6 Å². The Kier molecular flexibility index (Phi) is 5.41. The lowest BCUT2D eigenvalue weighted by Crippen LogP contribution is -2.14. The van der Waals surface area contributed by atoms with E-state index in [9.17, 15) is 0 Å². The maximum atomic E-state index is 5.88. The third-order valence-corrected chi connectivity index (χ3v) is 4.50. The number of aromatic nitrogens is 1. The molecule has 5 heteroatoms. The molecular weight excluding hydrogens is 338 g/mol. The second kappa shape index (κ2) is 7.90. The van der Waals surface area contributed by atoms with E-state index in [0.29, 0.717) is 11.6 Å². The average molecular weight is 354 g/mol. The van der Waals surface area contributed by atoms with Crippen LogP contribution in [0.3, 0.4) is 0 Å². The van der Waals surface area contributed by atoms with Crippen LogP contribution in [0.1, 0.15) is 5.56 Å². The summed E-state index contributed by atoms with van der Waals surface area (Å²) in [5, 5.41) is 11.4. The van der Waals surface area contributed by atoms with Gasteiger partial charge in [0.25, 0.3) is 0 Å². The summed E-state index contributed by atoms with van der Waals surface area (Å²) in [5.74, 6) is 0. The monoisotopic (exact) mass is 353 g/mol. The molecule has 0 aliphatic rings. The Balaban J connectivity index is 1.94. The number of hydrogen-bond acceptors (Lipinski definition) is 3. The minimum atomic E-state index is 0.684. The minimum Gasteiger partial charge on any atom is -0.311 e. The van der Waals surface area contributed by atoms with E-state index in [1.807, 2.05) is 48.5 Å². The number of thiazole rings is 1. The van der Waals surface area contributed by atoms with Crippen molar-refractivity contribution in [3.63, 3.8) is 0 Å². The molecule has 0 spiro atoms. The molecule has 0 saturated heterocycles. The highest BCUT2D eigenvalue weighted by molar-refractivity contribution is 7.07. The predicted molar refractivity (Wildman–Crippen MR) is 103 cm³/mol. The summed E-state index contributed by atoms with van der Waals surface area (Å²) in [6.45, 7) is 4.52. The van der Waals surface area contributed by atoms with Gasteiger partial charge in [-0.15, -0.1) is 23.0 Å². The van der Waals surface area contributed by atoms with Gasteiger partial charge in [0, 0.05) is 16.9 Å². The lowest BCUT2D eigenvalue weighted by Gasteiger charge is -2.05. The van der Waals surface area contributed by atoms with Crippen molar-refractivity contribution in [2.75, 3.05) is 0 Å². The third kappa shape index (κ3) is 3.91. The van der Waals surface area contributed by atoms with Crippen molar-refractivity contribution in [2.24, 2.45) is 10.2 Å². The van der Waals surface area contributed by atoms with Crippen molar-refractivity contribution < 1.29 is 0 Å². The van der Waals surface area contributed by atoms with E-state index in [1.165, 1.54) is 0 Å². The molecule has 1 aromatic heterocycles. The van der Waals surface area contributed by atoms with Crippen LogP contribution >= 0.6 is 22.9 Å². The molecule has 2 aromatic carbocycles. The van der Waals surface area contributed by atoms with Crippen molar-refractivity contribution in [2.45, 2.75) is 6.54 Å². The SMILES string of the molecule is C=CCn1c(-c2ccccc2)cs/c1=N\N=C/c1ccc(Cl)cc1. The summed E-state index contributed by atoms with van der Waals surface area (Å²) < 4.78 is 2.10. The molecule has 0 N–H and O–H groups in total. The van der Waals surface area contributed by atoms with Crippen molar-refractivity contribution >= 4 is 29.2 Å². The molecule has 3 rings (SSSR count). The van der Waals surface area contributed by atoms with Gasteiger partial charge in [0.2, 0.25) is 4.80 Å². The van der Waals surface area contributed by atoms with Crippen LogP contribution in [0.25, 0.3) is 11.3 Å². The number of rotatable bonds is 5. The molecule has 0 amide bonds. The summed E-state index contributed by atoms with van der Waals surface area (Å²) in [4.78, 5) is 0.832. The zero-order valence-electron chi connectivity index (χ0n) is 13.0. The van der Waals surface area contributed by atoms with E-state index in [4.69, 9.17) is 11.6 Å². The Labute approximate surface area is 149 Å². The molecule has 0 atom stereocenters. The van der Waals surface area contributed by atoms with Crippen molar-refractivity contribution in [1.29, 1.82) is 0 Å². The minimum absolute atomic E-state index is 0.684. The first-order valence-electron chi connectivity index (χ1n) is 7.45. The van der Waals surface area contributed by atoms with Gasteiger partial charge in [-0.2, -0.15) is 5.10 Å². The Morgan fingerprint density at radius 1 is 1.08 bits per heavy atom. The first kappa shape index (κ1) is 16.4. The average Bonchev–Trinajstić information content (AvgIpc) is 3.01. The molecule has 3 aromatic rings. The third-order valence-electron chi connectivity index (χ3n) is 3.40. The summed E-state index contributed by atoms with van der Waals surface area (Å²) in [7, 11) is 0. The first-order chi connectivity index (χ1) is 11.8. The van der Waals surface area contributed by atoms with Gasteiger partial charge in [0.1, 0.15) is 0 Å². The Morgan fingerprint density at radius 2 is 1.83 bits per heavy atom. The van der Waals surface area contributed by atoms with Gasteiger partial charge in [0.05, 0.1) is 11.9 Å². The van der Waals surface area contributed by atoms with Crippen LogP contribution in [0.15, 0.2) is 82.8 Å². The van der Waals surface area contributed by atoms with Gasteiger partial charge in [-0.05, 0) is 23.3 Å². The number of halogens is 1. The number of hydrogen-bond donors (Lipinski definition) is 0. The lowest BCUT2D eigenvalue weighted by molar-refractivity contribution is 0.789. The highest BCUT2D eigenvalue weighted by atomic mass is 35.5. The maximum absolute atomic E-state index is 5.88. The van der Waals surface area contributed by atoms with Crippen LogP contribution in [0.4, 0.5) is 0 Å². The van der Waals surface area contributed by atoms with Crippen molar-refractivity contribution in [3.8, 4) is 11.3 Å². The van der Waals surface area contributed by atoms with Crippen LogP contribution in [-0.2, 0) is 6.54 Å². The standard InChI is InChI=1S/C19H16ClN3S/c1-2-12-23-18(16-6-4-3-5-7-16)14-24-19(23)22-21-13-15-8-10-17(20)11-9-15/h2-11,13-14H,1,12H2/b21-13-,22-19-. The molecule has 0 bridgehead atoms. The topological polar surface area (TPSA) is 29.6 Å². The second-order valence-electron chi connectivity index (χ2n) is 5.06. The van der Waals surface area contributed by atoms with Crippen LogP contribution in [0, 0.1) is 0 Å². The van der Waals surface area contributed by atoms with E-state index in [0.717, 1.165) is 21.6 Å². The van der Waals surface area contributed by atoms with Crippen LogP contribution < -0.4 is 4.80 Å². The van der Waals surface area contributed by atoms with Gasteiger partial charge in [-0.3, -0.25) is 0 Å². The molecule has 0 fully saturated rings. The lowest BCUT2D eigenvalue weighted by atomic mass is 10.2. The highest BCUT2D eigenvalue weighted by Crippen LogP contribution is 2.19. The fraction of sp³-hybridized carbons (Fsp3) is 0.0526. The summed E-state index contributed by atoms with van der Waals surface area (Å²) >= 11 is 7.44. The zero-order chi connectivity index (χ0) is 16.8. The van der Waals surface area contributed by atoms with E-state index in [2.05, 4.69) is 38.9 Å². The molecule has 1 heterocycles.